The van der Waals surface area contributed by atoms with E-state index in [1.165, 1.54) is 12.3 Å². The summed E-state index contributed by atoms with van der Waals surface area (Å²) in [5, 5.41) is 0.0407. The van der Waals surface area contributed by atoms with Gasteiger partial charge in [-0.3, -0.25) is 9.78 Å². The number of hydrogen-bond acceptors (Lipinski definition) is 3. The van der Waals surface area contributed by atoms with Gasteiger partial charge in [-0.2, -0.15) is 0 Å². The minimum atomic E-state index is -0.419. The molecule has 0 unspecified atom stereocenters. The van der Waals surface area contributed by atoms with Gasteiger partial charge < -0.3 is 0 Å². The number of nitrogens with zero attached hydrogens (tertiary/aromatic N) is 2. The zero-order valence-corrected chi connectivity index (χ0v) is 12.9. The van der Waals surface area contributed by atoms with Crippen LogP contribution in [-0.2, 0) is 6.42 Å². The number of benzene rings is 1. The largest absolute Gasteiger partial charge is 0.292 e. The van der Waals surface area contributed by atoms with Crippen LogP contribution in [0.2, 0.25) is 5.02 Å². The van der Waals surface area contributed by atoms with Crippen LogP contribution in [0.4, 0.5) is 4.39 Å². The van der Waals surface area contributed by atoms with Crippen LogP contribution in [-0.4, -0.2) is 15.8 Å². The number of aromatic nitrogens is 2. The van der Waals surface area contributed by atoms with Crippen LogP contribution in [0.25, 0.3) is 0 Å². The summed E-state index contributed by atoms with van der Waals surface area (Å²) in [6.07, 6.45) is 3.12. The second-order valence-corrected chi connectivity index (χ2v) is 5.69. The Morgan fingerprint density at radius 1 is 1.29 bits per heavy atom. The third-order valence-electron chi connectivity index (χ3n) is 3.17. The molecule has 0 aliphatic carbocycles. The minimum absolute atomic E-state index is 0.00304. The molecule has 0 radical (unpaired) electrons. The molecule has 1 aromatic carbocycles. The van der Waals surface area contributed by atoms with Crippen molar-refractivity contribution in [3.05, 3.63) is 57.9 Å². The fourth-order valence-electron chi connectivity index (χ4n) is 2.00. The lowest BCUT2D eigenvalue weighted by molar-refractivity contribution is 0.0987. The predicted octanol–water partition coefficient (Wildman–Crippen LogP) is 4.13. The van der Waals surface area contributed by atoms with Gasteiger partial charge in [-0.05, 0) is 30.0 Å². The predicted molar refractivity (Wildman–Crippen MR) is 80.3 cm³/mol. The minimum Gasteiger partial charge on any atom is -0.292 e. The van der Waals surface area contributed by atoms with Crippen LogP contribution in [0.1, 0.15) is 47.1 Å². The van der Waals surface area contributed by atoms with Crippen molar-refractivity contribution in [2.24, 2.45) is 0 Å². The van der Waals surface area contributed by atoms with Crippen molar-refractivity contribution >= 4 is 17.4 Å². The normalized spacial score (nSPS) is 11.0. The molecule has 0 aliphatic heterocycles. The maximum Gasteiger partial charge on any atom is 0.187 e. The van der Waals surface area contributed by atoms with E-state index in [1.807, 2.05) is 13.8 Å². The number of carbonyl (C=O) groups excluding carboxylic acids is 1. The van der Waals surface area contributed by atoms with Crippen molar-refractivity contribution in [1.29, 1.82) is 0 Å². The Hall–Kier alpha value is -1.81. The summed E-state index contributed by atoms with van der Waals surface area (Å²) in [7, 11) is 0. The van der Waals surface area contributed by atoms with Gasteiger partial charge in [0.15, 0.2) is 5.78 Å². The summed E-state index contributed by atoms with van der Waals surface area (Å²) >= 11 is 5.90. The van der Waals surface area contributed by atoms with Crippen molar-refractivity contribution in [3.63, 3.8) is 0 Å². The highest BCUT2D eigenvalue weighted by Crippen LogP contribution is 2.27. The summed E-state index contributed by atoms with van der Waals surface area (Å²) < 4.78 is 13.9. The van der Waals surface area contributed by atoms with Gasteiger partial charge in [-0.1, -0.05) is 31.5 Å². The average Bonchev–Trinajstić information content (AvgIpc) is 2.43. The Balaban J connectivity index is 2.27. The van der Waals surface area contributed by atoms with Crippen LogP contribution >= 0.6 is 11.6 Å². The van der Waals surface area contributed by atoms with Gasteiger partial charge >= 0.3 is 0 Å². The highest BCUT2D eigenvalue weighted by molar-refractivity contribution is 6.30. The summed E-state index contributed by atoms with van der Waals surface area (Å²) in [4.78, 5) is 20.3. The van der Waals surface area contributed by atoms with Gasteiger partial charge in [-0.15, -0.1) is 0 Å². The lowest BCUT2D eigenvalue weighted by Gasteiger charge is -2.11. The average molecular weight is 307 g/mol. The van der Waals surface area contributed by atoms with E-state index < -0.39 is 5.82 Å². The first kappa shape index (κ1) is 15.6. The fourth-order valence-corrected chi connectivity index (χ4v) is 2.25. The molecule has 110 valence electrons. The molecule has 0 atom stereocenters. The zero-order chi connectivity index (χ0) is 15.6. The monoisotopic (exact) mass is 306 g/mol. The maximum atomic E-state index is 13.9. The van der Waals surface area contributed by atoms with Crippen molar-refractivity contribution in [2.45, 2.75) is 33.1 Å². The first-order valence-electron chi connectivity index (χ1n) is 6.68. The number of Topliss-reactive ketones (excluding diaryl/α,β-unsaturated/α-hetero) is 1. The van der Waals surface area contributed by atoms with Crippen LogP contribution in [0.15, 0.2) is 24.5 Å². The highest BCUT2D eigenvalue weighted by atomic mass is 35.5. The lowest BCUT2D eigenvalue weighted by Crippen LogP contribution is -2.08. The molecule has 0 fully saturated rings. The van der Waals surface area contributed by atoms with Crippen molar-refractivity contribution < 1.29 is 9.18 Å². The second-order valence-electron chi connectivity index (χ2n) is 5.28. The van der Waals surface area contributed by atoms with Crippen LogP contribution in [0, 0.1) is 12.7 Å². The first-order chi connectivity index (χ1) is 9.88. The topological polar surface area (TPSA) is 42.9 Å². The summed E-state index contributed by atoms with van der Waals surface area (Å²) in [6.45, 7) is 5.56. The second kappa shape index (κ2) is 6.31. The fraction of sp³-hybridized carbons (Fsp3) is 0.312. The van der Waals surface area contributed by atoms with Gasteiger partial charge in [0.1, 0.15) is 11.5 Å². The molecule has 0 amide bonds. The van der Waals surface area contributed by atoms with Gasteiger partial charge in [0.25, 0.3) is 0 Å². The molecule has 0 saturated carbocycles. The van der Waals surface area contributed by atoms with E-state index in [2.05, 4.69) is 9.97 Å². The van der Waals surface area contributed by atoms with Crippen LogP contribution in [0.3, 0.4) is 0 Å². The molecular weight excluding hydrogens is 291 g/mol. The van der Waals surface area contributed by atoms with Crippen LogP contribution < -0.4 is 0 Å². The van der Waals surface area contributed by atoms with E-state index >= 15 is 0 Å². The van der Waals surface area contributed by atoms with E-state index in [1.54, 1.807) is 19.2 Å². The van der Waals surface area contributed by atoms with E-state index in [0.717, 1.165) is 5.69 Å². The quantitative estimate of drug-likeness (QED) is 0.798. The molecule has 21 heavy (non-hydrogen) atoms. The molecule has 5 heteroatoms. The molecule has 0 N–H and O–H groups in total. The van der Waals surface area contributed by atoms with Gasteiger partial charge in [0.2, 0.25) is 0 Å². The van der Waals surface area contributed by atoms with Crippen LogP contribution in [0.5, 0.6) is 0 Å². The smallest absolute Gasteiger partial charge is 0.187 e. The number of hydrogen-bond donors (Lipinski definition) is 0. The third-order valence-corrected chi connectivity index (χ3v) is 3.44. The molecular formula is C16H16ClFN2O. The number of ketones is 1. The number of halogens is 2. The summed E-state index contributed by atoms with van der Waals surface area (Å²) in [6, 6.07) is 3.17. The Labute approximate surface area is 128 Å². The Bertz CT molecular complexity index is 669. The number of carbonyl (C=O) groups is 1. The van der Waals surface area contributed by atoms with E-state index in [4.69, 9.17) is 11.6 Å². The summed E-state index contributed by atoms with van der Waals surface area (Å²) in [5.74, 6) is -0.588. The maximum absolute atomic E-state index is 13.9. The molecule has 1 aromatic heterocycles. The molecule has 1 heterocycles. The molecule has 2 aromatic rings. The molecule has 0 bridgehead atoms. The van der Waals surface area contributed by atoms with Crippen molar-refractivity contribution in [2.75, 3.05) is 0 Å². The SMILES string of the molecule is Cc1cnc(C(=O)Cc2cc(Cl)c(F)c(C(C)C)c2)cn1. The van der Waals surface area contributed by atoms with Gasteiger partial charge in [0, 0.05) is 12.6 Å². The molecule has 0 aliphatic rings. The number of aryl methyl sites for hydroxylation is 1. The lowest BCUT2D eigenvalue weighted by atomic mass is 9.97. The Morgan fingerprint density at radius 2 is 2.00 bits per heavy atom. The third kappa shape index (κ3) is 3.64. The van der Waals surface area contributed by atoms with E-state index in [0.29, 0.717) is 16.8 Å². The van der Waals surface area contributed by atoms with E-state index in [-0.39, 0.29) is 23.1 Å². The van der Waals surface area contributed by atoms with Gasteiger partial charge in [0.05, 0.1) is 16.9 Å². The molecule has 3 nitrogen and oxygen atoms in total. The standard InChI is InChI=1S/C16H16ClFN2O/c1-9(2)12-4-11(5-13(17)16(12)18)6-15(21)14-8-19-10(3)7-20-14/h4-5,7-9H,6H2,1-3H3. The first-order valence-corrected chi connectivity index (χ1v) is 7.06. The van der Waals surface area contributed by atoms with Gasteiger partial charge in [-0.25, -0.2) is 9.37 Å². The molecule has 0 spiro atoms. The molecule has 2 rings (SSSR count). The van der Waals surface area contributed by atoms with Crippen molar-refractivity contribution in [1.82, 2.24) is 9.97 Å². The van der Waals surface area contributed by atoms with E-state index in [9.17, 15) is 9.18 Å². The number of rotatable bonds is 4. The zero-order valence-electron chi connectivity index (χ0n) is 12.2. The highest BCUT2D eigenvalue weighted by Gasteiger charge is 2.15. The van der Waals surface area contributed by atoms with Crippen molar-refractivity contribution in [3.8, 4) is 0 Å². The molecule has 0 saturated heterocycles. The summed E-state index contributed by atoms with van der Waals surface area (Å²) in [5.41, 5.74) is 2.24. The Morgan fingerprint density at radius 3 is 2.57 bits per heavy atom. The Kier molecular flexibility index (Phi) is 4.68.